The average Bonchev–Trinajstić information content (AvgIpc) is 2.49. The van der Waals surface area contributed by atoms with Gasteiger partial charge in [-0.25, -0.2) is 4.79 Å². The fourth-order valence-corrected chi connectivity index (χ4v) is 1.58. The van der Waals surface area contributed by atoms with Gasteiger partial charge in [0, 0.05) is 0 Å². The van der Waals surface area contributed by atoms with Crippen molar-refractivity contribution in [3.63, 3.8) is 0 Å². The quantitative estimate of drug-likeness (QED) is 0.305. The summed E-state index contributed by atoms with van der Waals surface area (Å²) in [7, 11) is 1.56. The van der Waals surface area contributed by atoms with Crippen LogP contribution in [0.15, 0.2) is 53.7 Å². The third-order valence-electron chi connectivity index (χ3n) is 2.62. The molecule has 0 atom stereocenters. The first-order valence-electron chi connectivity index (χ1n) is 5.86. The zero-order valence-electron chi connectivity index (χ0n) is 10.8. The first-order chi connectivity index (χ1) is 9.72. The molecule has 5 nitrogen and oxygen atoms in total. The van der Waals surface area contributed by atoms with Crippen molar-refractivity contribution >= 4 is 12.2 Å². The molecule has 5 heteroatoms. The van der Waals surface area contributed by atoms with Gasteiger partial charge in [0.15, 0.2) is 0 Å². The molecule has 0 unspecified atom stereocenters. The van der Waals surface area contributed by atoms with E-state index in [4.69, 9.17) is 14.7 Å². The van der Waals surface area contributed by atoms with E-state index >= 15 is 0 Å². The van der Waals surface area contributed by atoms with Gasteiger partial charge >= 0.3 is 5.97 Å². The third kappa shape index (κ3) is 3.35. The summed E-state index contributed by atoms with van der Waals surface area (Å²) in [6, 6.07) is 13.3. The molecule has 0 heterocycles. The van der Waals surface area contributed by atoms with E-state index < -0.39 is 5.97 Å². The molecule has 2 aromatic carbocycles. The molecule has 2 aromatic rings. The van der Waals surface area contributed by atoms with Crippen LogP contribution in [-0.4, -0.2) is 24.5 Å². The van der Waals surface area contributed by atoms with Crippen molar-refractivity contribution in [2.45, 2.75) is 0 Å². The molecule has 0 radical (unpaired) electrons. The Bertz CT molecular complexity index is 603. The number of hydrogen-bond acceptors (Lipinski definition) is 5. The van der Waals surface area contributed by atoms with Crippen LogP contribution in [0.1, 0.15) is 15.9 Å². The molecule has 1 N–H and O–H groups in total. The minimum atomic E-state index is -0.448. The Balaban J connectivity index is 2.06. The SMILES string of the molecule is COc1ccc(C(=O)Oc2ccc(/C=N/O)cc2)cc1. The summed E-state index contributed by atoms with van der Waals surface area (Å²) in [5, 5.41) is 11.3. The van der Waals surface area contributed by atoms with E-state index in [0.717, 1.165) is 0 Å². The fourth-order valence-electron chi connectivity index (χ4n) is 1.58. The second kappa shape index (κ2) is 6.38. The van der Waals surface area contributed by atoms with Crippen molar-refractivity contribution in [1.29, 1.82) is 0 Å². The number of nitrogens with zero attached hydrogens (tertiary/aromatic N) is 1. The maximum Gasteiger partial charge on any atom is 0.343 e. The smallest absolute Gasteiger partial charge is 0.343 e. The van der Waals surface area contributed by atoms with Crippen molar-refractivity contribution in [2.24, 2.45) is 5.16 Å². The van der Waals surface area contributed by atoms with Crippen LogP contribution in [-0.2, 0) is 0 Å². The summed E-state index contributed by atoms with van der Waals surface area (Å²) in [4.78, 5) is 11.9. The molecule has 0 aliphatic heterocycles. The van der Waals surface area contributed by atoms with Crippen LogP contribution in [0.25, 0.3) is 0 Å². The maximum atomic E-state index is 11.9. The van der Waals surface area contributed by atoms with Crippen LogP contribution in [0.4, 0.5) is 0 Å². The Morgan fingerprint density at radius 3 is 2.20 bits per heavy atom. The van der Waals surface area contributed by atoms with Crippen LogP contribution in [0, 0.1) is 0 Å². The lowest BCUT2D eigenvalue weighted by Gasteiger charge is -2.05. The number of benzene rings is 2. The second-order valence-corrected chi connectivity index (χ2v) is 3.93. The van der Waals surface area contributed by atoms with Gasteiger partial charge in [-0.1, -0.05) is 5.16 Å². The van der Waals surface area contributed by atoms with Gasteiger partial charge in [0.05, 0.1) is 18.9 Å². The first kappa shape index (κ1) is 13.6. The van der Waals surface area contributed by atoms with Gasteiger partial charge in [0.1, 0.15) is 11.5 Å². The topological polar surface area (TPSA) is 68.1 Å². The first-order valence-corrected chi connectivity index (χ1v) is 5.86. The highest BCUT2D eigenvalue weighted by Gasteiger charge is 2.08. The summed E-state index contributed by atoms with van der Waals surface area (Å²) >= 11 is 0. The van der Waals surface area contributed by atoms with Crippen molar-refractivity contribution in [3.8, 4) is 11.5 Å². The van der Waals surface area contributed by atoms with Crippen LogP contribution >= 0.6 is 0 Å². The molecule has 0 amide bonds. The summed E-state index contributed by atoms with van der Waals surface area (Å²) in [6.45, 7) is 0. The molecular formula is C15H13NO4. The molecule has 2 rings (SSSR count). The van der Waals surface area contributed by atoms with E-state index in [0.29, 0.717) is 22.6 Å². The highest BCUT2D eigenvalue weighted by atomic mass is 16.5. The normalized spacial score (nSPS) is 10.4. The average molecular weight is 271 g/mol. The van der Waals surface area contributed by atoms with Gasteiger partial charge in [0.2, 0.25) is 0 Å². The molecule has 0 saturated carbocycles. The van der Waals surface area contributed by atoms with Crippen LogP contribution in [0.3, 0.4) is 0 Å². The Morgan fingerprint density at radius 1 is 1.05 bits per heavy atom. The standard InChI is InChI=1S/C15H13NO4/c1-19-13-8-4-12(5-9-13)15(17)20-14-6-2-11(3-7-14)10-16-18/h2-10,18H,1H3/b16-10+. The predicted octanol–water partition coefficient (Wildman–Crippen LogP) is 2.72. The van der Waals surface area contributed by atoms with Gasteiger partial charge in [-0.15, -0.1) is 0 Å². The largest absolute Gasteiger partial charge is 0.497 e. The molecule has 0 aliphatic carbocycles. The number of carbonyl (C=O) groups is 1. The number of methoxy groups -OCH3 is 1. The fraction of sp³-hybridized carbons (Fsp3) is 0.0667. The lowest BCUT2D eigenvalue weighted by atomic mass is 10.2. The summed E-state index contributed by atoms with van der Waals surface area (Å²) in [6.07, 6.45) is 1.29. The van der Waals surface area contributed by atoms with Crippen LogP contribution < -0.4 is 9.47 Å². The molecule has 102 valence electrons. The zero-order valence-corrected chi connectivity index (χ0v) is 10.8. The Morgan fingerprint density at radius 2 is 1.65 bits per heavy atom. The van der Waals surface area contributed by atoms with Crippen molar-refractivity contribution < 1.29 is 19.5 Å². The van der Waals surface area contributed by atoms with Gasteiger partial charge in [-0.05, 0) is 54.1 Å². The lowest BCUT2D eigenvalue weighted by molar-refractivity contribution is 0.0734. The number of ether oxygens (including phenoxy) is 2. The molecule has 20 heavy (non-hydrogen) atoms. The van der Waals surface area contributed by atoms with E-state index in [9.17, 15) is 4.79 Å². The predicted molar refractivity (Wildman–Crippen MR) is 73.8 cm³/mol. The zero-order chi connectivity index (χ0) is 14.4. The lowest BCUT2D eigenvalue weighted by Crippen LogP contribution is -2.08. The number of oxime groups is 1. The van der Waals surface area contributed by atoms with Gasteiger partial charge in [-0.3, -0.25) is 0 Å². The molecule has 0 fully saturated rings. The number of hydrogen-bond donors (Lipinski definition) is 1. The maximum absolute atomic E-state index is 11.9. The van der Waals surface area contributed by atoms with Crippen molar-refractivity contribution in [2.75, 3.05) is 7.11 Å². The highest BCUT2D eigenvalue weighted by Crippen LogP contribution is 2.16. The minimum absolute atomic E-state index is 0.418. The van der Waals surface area contributed by atoms with E-state index in [1.165, 1.54) is 6.21 Å². The molecule has 0 bridgehead atoms. The van der Waals surface area contributed by atoms with Gasteiger partial charge < -0.3 is 14.7 Å². The van der Waals surface area contributed by atoms with E-state index in [1.807, 2.05) is 0 Å². The Labute approximate surface area is 116 Å². The Hall–Kier alpha value is -2.82. The molecule has 0 aromatic heterocycles. The third-order valence-corrected chi connectivity index (χ3v) is 2.62. The summed E-state index contributed by atoms with van der Waals surface area (Å²) in [5.41, 5.74) is 1.14. The number of carbonyl (C=O) groups excluding carboxylic acids is 1. The summed E-state index contributed by atoms with van der Waals surface area (Å²) in [5.74, 6) is 0.645. The monoisotopic (exact) mass is 271 g/mol. The number of esters is 1. The van der Waals surface area contributed by atoms with Crippen LogP contribution in [0.5, 0.6) is 11.5 Å². The van der Waals surface area contributed by atoms with Crippen molar-refractivity contribution in [3.05, 3.63) is 59.7 Å². The van der Waals surface area contributed by atoms with Gasteiger partial charge in [0.25, 0.3) is 0 Å². The Kier molecular flexibility index (Phi) is 4.34. The van der Waals surface area contributed by atoms with Crippen molar-refractivity contribution in [1.82, 2.24) is 0 Å². The minimum Gasteiger partial charge on any atom is -0.497 e. The number of rotatable bonds is 4. The van der Waals surface area contributed by atoms with Crippen LogP contribution in [0.2, 0.25) is 0 Å². The van der Waals surface area contributed by atoms with E-state index in [1.54, 1.807) is 55.6 Å². The highest BCUT2D eigenvalue weighted by molar-refractivity contribution is 5.91. The molecule has 0 saturated heterocycles. The van der Waals surface area contributed by atoms with E-state index in [2.05, 4.69) is 5.16 Å². The second-order valence-electron chi connectivity index (χ2n) is 3.93. The van der Waals surface area contributed by atoms with E-state index in [-0.39, 0.29) is 0 Å². The summed E-state index contributed by atoms with van der Waals surface area (Å²) < 4.78 is 10.2. The molecular weight excluding hydrogens is 258 g/mol. The molecule has 0 spiro atoms. The van der Waals surface area contributed by atoms with Gasteiger partial charge in [-0.2, -0.15) is 0 Å². The molecule has 0 aliphatic rings.